The number of hydrogen-bond donors (Lipinski definition) is 3. The normalized spacial score (nSPS) is 19.8. The van der Waals surface area contributed by atoms with Crippen molar-refractivity contribution in [2.24, 2.45) is 0 Å². The van der Waals surface area contributed by atoms with Gasteiger partial charge in [-0.3, -0.25) is 0 Å². The molecule has 5 rings (SSSR count). The number of aromatic nitrogens is 2. The molecule has 1 spiro atoms. The lowest BCUT2D eigenvalue weighted by Crippen LogP contribution is -2.45. The van der Waals surface area contributed by atoms with Gasteiger partial charge in [-0.25, -0.2) is 9.97 Å². The first-order valence-corrected chi connectivity index (χ1v) is 11.0. The van der Waals surface area contributed by atoms with Crippen molar-refractivity contribution in [3.8, 4) is 0 Å². The largest absolute Gasteiger partial charge is 0.395 e. The van der Waals surface area contributed by atoms with Crippen LogP contribution in [0.3, 0.4) is 0 Å². The second-order valence-corrected chi connectivity index (χ2v) is 8.86. The molecular formula is C23H34Cl3N5O. The highest BCUT2D eigenvalue weighted by molar-refractivity contribution is 5.86. The van der Waals surface area contributed by atoms with E-state index in [2.05, 4.69) is 45.6 Å². The predicted octanol–water partition coefficient (Wildman–Crippen LogP) is 3.84. The Morgan fingerprint density at radius 1 is 1.19 bits per heavy atom. The number of hydrogen-bond acceptors (Lipinski definition) is 6. The fourth-order valence-corrected chi connectivity index (χ4v) is 5.62. The molecule has 6 nitrogen and oxygen atoms in total. The van der Waals surface area contributed by atoms with Crippen LogP contribution in [-0.2, 0) is 18.4 Å². The summed E-state index contributed by atoms with van der Waals surface area (Å²) in [6, 6.07) is 6.59. The number of aryl methyl sites for hydroxylation is 1. The van der Waals surface area contributed by atoms with Crippen molar-refractivity contribution >= 4 is 48.7 Å². The Morgan fingerprint density at radius 3 is 2.72 bits per heavy atom. The van der Waals surface area contributed by atoms with Crippen molar-refractivity contribution in [3.63, 3.8) is 0 Å². The molecule has 1 saturated heterocycles. The number of nitrogens with one attached hydrogen (secondary N) is 2. The van der Waals surface area contributed by atoms with E-state index in [0.29, 0.717) is 12.5 Å². The van der Waals surface area contributed by atoms with E-state index in [0.717, 1.165) is 45.4 Å². The first kappa shape index (κ1) is 26.9. The van der Waals surface area contributed by atoms with Crippen LogP contribution in [0.25, 0.3) is 0 Å². The lowest BCUT2D eigenvalue weighted by molar-refractivity contribution is 0.291. The summed E-state index contributed by atoms with van der Waals surface area (Å²) in [6.45, 7) is 7.03. The summed E-state index contributed by atoms with van der Waals surface area (Å²) in [7, 11) is 0. The predicted molar refractivity (Wildman–Crippen MR) is 137 cm³/mol. The first-order valence-electron chi connectivity index (χ1n) is 11.0. The third-order valence-corrected chi connectivity index (χ3v) is 7.17. The summed E-state index contributed by atoms with van der Waals surface area (Å²) >= 11 is 0. The molecule has 1 aromatic heterocycles. The van der Waals surface area contributed by atoms with Gasteiger partial charge in [-0.2, -0.15) is 0 Å². The van der Waals surface area contributed by atoms with Crippen molar-refractivity contribution in [1.29, 1.82) is 0 Å². The molecule has 2 aliphatic heterocycles. The van der Waals surface area contributed by atoms with Gasteiger partial charge in [0.1, 0.15) is 12.1 Å². The van der Waals surface area contributed by atoms with E-state index >= 15 is 0 Å². The fourth-order valence-electron chi connectivity index (χ4n) is 5.62. The molecule has 1 unspecified atom stereocenters. The quantitative estimate of drug-likeness (QED) is 0.540. The van der Waals surface area contributed by atoms with E-state index in [9.17, 15) is 0 Å². The molecule has 32 heavy (non-hydrogen) atoms. The average molecular weight is 503 g/mol. The molecule has 3 heterocycles. The van der Waals surface area contributed by atoms with Crippen LogP contribution in [0, 0.1) is 0 Å². The smallest absolute Gasteiger partial charge is 0.135 e. The number of rotatable bonds is 5. The van der Waals surface area contributed by atoms with Gasteiger partial charge in [0.25, 0.3) is 0 Å². The van der Waals surface area contributed by atoms with Crippen LogP contribution in [-0.4, -0.2) is 47.9 Å². The zero-order chi connectivity index (χ0) is 19.8. The van der Waals surface area contributed by atoms with Crippen molar-refractivity contribution in [1.82, 2.24) is 15.3 Å². The number of fused-ring (bicyclic) bond motifs is 3. The van der Waals surface area contributed by atoms with E-state index in [1.54, 1.807) is 6.33 Å². The monoisotopic (exact) mass is 501 g/mol. The highest BCUT2D eigenvalue weighted by Gasteiger charge is 2.43. The summed E-state index contributed by atoms with van der Waals surface area (Å²) in [4.78, 5) is 11.8. The molecule has 0 saturated carbocycles. The number of nitrogens with zero attached hydrogens (tertiary/aromatic N) is 3. The van der Waals surface area contributed by atoms with Crippen LogP contribution in [0.15, 0.2) is 24.5 Å². The standard InChI is InChI=1S/C23H31N5O.3ClH/c1-16-5-6-18-20(16)22(27-15-26-18)28-10-7-23(8-11-28)14-25-19-4-2-3-17(21(19)23)13-24-9-12-29;;;/h2-4,15-16,24-25,29H,5-14H2,1H3;3*1H. The first-order chi connectivity index (χ1) is 14.2. The Bertz CT molecular complexity index is 905. The van der Waals surface area contributed by atoms with Crippen LogP contribution in [0.2, 0.25) is 0 Å². The Morgan fingerprint density at radius 2 is 1.97 bits per heavy atom. The van der Waals surface area contributed by atoms with E-state index in [1.165, 1.54) is 40.3 Å². The van der Waals surface area contributed by atoms with Crippen LogP contribution < -0.4 is 15.5 Å². The van der Waals surface area contributed by atoms with E-state index in [1.807, 2.05) is 0 Å². The molecule has 0 amide bonds. The molecule has 0 bridgehead atoms. The summed E-state index contributed by atoms with van der Waals surface area (Å²) in [5, 5.41) is 16.2. The third-order valence-electron chi connectivity index (χ3n) is 7.17. The Kier molecular flexibility index (Phi) is 9.44. The molecule has 3 N–H and O–H groups in total. The second-order valence-electron chi connectivity index (χ2n) is 8.86. The Balaban J connectivity index is 0.00000121. The van der Waals surface area contributed by atoms with Gasteiger partial charge in [-0.15, -0.1) is 37.2 Å². The zero-order valence-corrected chi connectivity index (χ0v) is 20.9. The minimum Gasteiger partial charge on any atom is -0.395 e. The molecule has 1 atom stereocenters. The van der Waals surface area contributed by atoms with Crippen molar-refractivity contribution in [2.45, 2.75) is 50.5 Å². The molecule has 2 aromatic rings. The lowest BCUT2D eigenvalue weighted by Gasteiger charge is -2.41. The minimum absolute atomic E-state index is 0. The molecular weight excluding hydrogens is 469 g/mol. The number of aliphatic hydroxyl groups is 1. The number of halogens is 3. The molecule has 9 heteroatoms. The summed E-state index contributed by atoms with van der Waals surface area (Å²) in [5.41, 5.74) is 7.00. The SMILES string of the molecule is CC1CCc2ncnc(N3CCC4(CC3)CNc3cccc(CNCCO)c34)c21.Cl.Cl.Cl. The van der Waals surface area contributed by atoms with Gasteiger partial charge < -0.3 is 20.6 Å². The van der Waals surface area contributed by atoms with Gasteiger partial charge in [-0.05, 0) is 48.8 Å². The van der Waals surface area contributed by atoms with Crippen molar-refractivity contribution < 1.29 is 5.11 Å². The van der Waals surface area contributed by atoms with E-state index in [-0.39, 0.29) is 49.2 Å². The Hall–Kier alpha value is -1.31. The second kappa shape index (κ2) is 11.2. The summed E-state index contributed by atoms with van der Waals surface area (Å²) in [6.07, 6.45) is 6.31. The lowest BCUT2D eigenvalue weighted by atomic mass is 9.72. The maximum Gasteiger partial charge on any atom is 0.135 e. The highest BCUT2D eigenvalue weighted by Crippen LogP contribution is 2.47. The maximum absolute atomic E-state index is 9.11. The van der Waals surface area contributed by atoms with Gasteiger partial charge in [-0.1, -0.05) is 19.1 Å². The Labute approximate surface area is 209 Å². The van der Waals surface area contributed by atoms with Crippen LogP contribution >= 0.6 is 37.2 Å². The number of anilines is 2. The van der Waals surface area contributed by atoms with Crippen molar-refractivity contribution in [2.75, 3.05) is 43.0 Å². The maximum atomic E-state index is 9.11. The number of benzene rings is 1. The van der Waals surface area contributed by atoms with Crippen LogP contribution in [0.1, 0.15) is 54.5 Å². The molecule has 3 aliphatic rings. The summed E-state index contributed by atoms with van der Waals surface area (Å²) < 4.78 is 0. The topological polar surface area (TPSA) is 73.3 Å². The fraction of sp³-hybridized carbons (Fsp3) is 0.565. The van der Waals surface area contributed by atoms with Crippen LogP contribution in [0.5, 0.6) is 0 Å². The van der Waals surface area contributed by atoms with Gasteiger partial charge in [0.15, 0.2) is 0 Å². The molecule has 1 aliphatic carbocycles. The highest BCUT2D eigenvalue weighted by atomic mass is 35.5. The van der Waals surface area contributed by atoms with E-state index in [4.69, 9.17) is 10.1 Å². The van der Waals surface area contributed by atoms with Crippen LogP contribution in [0.4, 0.5) is 11.5 Å². The van der Waals surface area contributed by atoms with Gasteiger partial charge in [0.2, 0.25) is 0 Å². The molecule has 1 fully saturated rings. The minimum atomic E-state index is 0. The third kappa shape index (κ3) is 4.66. The van der Waals surface area contributed by atoms with E-state index < -0.39 is 0 Å². The average Bonchev–Trinajstić information content (AvgIpc) is 3.31. The van der Waals surface area contributed by atoms with Gasteiger partial charge >= 0.3 is 0 Å². The summed E-state index contributed by atoms with van der Waals surface area (Å²) in [5.74, 6) is 1.74. The molecule has 1 aromatic carbocycles. The number of aliphatic hydroxyl groups excluding tert-OH is 1. The molecule has 0 radical (unpaired) electrons. The molecule has 178 valence electrons. The van der Waals surface area contributed by atoms with Gasteiger partial charge in [0, 0.05) is 55.1 Å². The zero-order valence-electron chi connectivity index (χ0n) is 18.5. The van der Waals surface area contributed by atoms with Crippen molar-refractivity contribution in [3.05, 3.63) is 46.9 Å². The van der Waals surface area contributed by atoms with Gasteiger partial charge in [0.05, 0.1) is 6.61 Å². The number of piperidine rings is 1.